The van der Waals surface area contributed by atoms with Crippen molar-refractivity contribution < 1.29 is 8.78 Å². The van der Waals surface area contributed by atoms with E-state index in [1.54, 1.807) is 11.3 Å². The molecule has 0 aliphatic carbocycles. The first-order valence-electron chi connectivity index (χ1n) is 10.2. The summed E-state index contributed by atoms with van der Waals surface area (Å²) in [7, 11) is 0. The number of aryl methyl sites for hydroxylation is 2. The standard InChI is InChI=1S/C26H22F2S2/c1-3-5-18-13-22(27)21(23(28)14-18)12-9-17-7-10-19(11-8-17)24-16-26-25(30-24)15-20(29-26)6-4-2/h7-8,10-11,13-16H,3-6H2,1-2H3. The van der Waals surface area contributed by atoms with Gasteiger partial charge < -0.3 is 0 Å². The zero-order valence-corrected chi connectivity index (χ0v) is 18.7. The summed E-state index contributed by atoms with van der Waals surface area (Å²) in [5.41, 5.74) is 2.37. The zero-order chi connectivity index (χ0) is 21.1. The number of rotatable bonds is 5. The minimum atomic E-state index is -0.594. The van der Waals surface area contributed by atoms with Crippen LogP contribution in [-0.4, -0.2) is 0 Å². The largest absolute Gasteiger partial charge is 0.206 e. The molecule has 0 fully saturated rings. The summed E-state index contributed by atoms with van der Waals surface area (Å²) in [4.78, 5) is 2.67. The van der Waals surface area contributed by atoms with E-state index < -0.39 is 11.6 Å². The van der Waals surface area contributed by atoms with Gasteiger partial charge in [-0.15, -0.1) is 22.7 Å². The Bertz CT molecular complexity index is 1180. The van der Waals surface area contributed by atoms with Gasteiger partial charge in [-0.25, -0.2) is 8.78 Å². The van der Waals surface area contributed by atoms with Crippen LogP contribution in [0.1, 0.15) is 48.3 Å². The van der Waals surface area contributed by atoms with Gasteiger partial charge >= 0.3 is 0 Å². The van der Waals surface area contributed by atoms with Crippen molar-refractivity contribution in [3.63, 3.8) is 0 Å². The van der Waals surface area contributed by atoms with Crippen molar-refractivity contribution in [1.82, 2.24) is 0 Å². The normalized spacial score (nSPS) is 10.9. The van der Waals surface area contributed by atoms with Gasteiger partial charge in [0.1, 0.15) is 11.6 Å². The maximum atomic E-state index is 14.2. The fourth-order valence-electron chi connectivity index (χ4n) is 3.43. The molecular weight excluding hydrogens is 414 g/mol. The number of benzene rings is 2. The molecule has 0 atom stereocenters. The molecular formula is C26H22F2S2. The molecule has 0 N–H and O–H groups in total. The molecule has 4 rings (SSSR count). The van der Waals surface area contributed by atoms with Crippen molar-refractivity contribution in [3.8, 4) is 22.3 Å². The van der Waals surface area contributed by atoms with E-state index in [2.05, 4.69) is 30.9 Å². The Morgan fingerprint density at radius 3 is 2.07 bits per heavy atom. The molecule has 0 nitrogen and oxygen atoms in total. The zero-order valence-electron chi connectivity index (χ0n) is 17.0. The highest BCUT2D eigenvalue weighted by Gasteiger charge is 2.10. The van der Waals surface area contributed by atoms with Crippen LogP contribution in [-0.2, 0) is 12.8 Å². The van der Waals surface area contributed by atoms with E-state index in [-0.39, 0.29) is 5.56 Å². The molecule has 30 heavy (non-hydrogen) atoms. The van der Waals surface area contributed by atoms with E-state index in [9.17, 15) is 8.78 Å². The van der Waals surface area contributed by atoms with Gasteiger partial charge in [-0.05, 0) is 60.4 Å². The summed E-state index contributed by atoms with van der Waals surface area (Å²) in [5, 5.41) is 0. The van der Waals surface area contributed by atoms with E-state index in [1.165, 1.54) is 37.7 Å². The molecule has 0 aliphatic rings. The number of hydrogen-bond acceptors (Lipinski definition) is 2. The molecule has 4 aromatic rings. The molecule has 0 unspecified atom stereocenters. The van der Waals surface area contributed by atoms with Crippen LogP contribution < -0.4 is 0 Å². The van der Waals surface area contributed by atoms with Crippen LogP contribution in [0.25, 0.3) is 19.8 Å². The van der Waals surface area contributed by atoms with Gasteiger partial charge in [-0.2, -0.15) is 0 Å². The summed E-state index contributed by atoms with van der Waals surface area (Å²) in [6.07, 6.45) is 3.80. The van der Waals surface area contributed by atoms with Crippen LogP contribution in [0.3, 0.4) is 0 Å². The highest BCUT2D eigenvalue weighted by atomic mass is 32.1. The number of fused-ring (bicyclic) bond motifs is 1. The van der Waals surface area contributed by atoms with E-state index >= 15 is 0 Å². The average Bonchev–Trinajstić information content (AvgIpc) is 3.27. The van der Waals surface area contributed by atoms with Gasteiger partial charge in [-0.1, -0.05) is 50.7 Å². The summed E-state index contributed by atoms with van der Waals surface area (Å²) >= 11 is 3.67. The molecule has 0 amide bonds. The summed E-state index contributed by atoms with van der Waals surface area (Å²) in [6.45, 7) is 4.18. The molecule has 0 saturated heterocycles. The molecule has 152 valence electrons. The van der Waals surface area contributed by atoms with E-state index in [1.807, 2.05) is 42.5 Å². The molecule has 0 aliphatic heterocycles. The SMILES string of the molecule is CCCc1cc(F)c(C#Cc2ccc(-c3cc4sc(CCC)cc4s3)cc2)c(F)c1. The van der Waals surface area contributed by atoms with Crippen molar-refractivity contribution in [2.24, 2.45) is 0 Å². The third kappa shape index (κ3) is 4.48. The maximum absolute atomic E-state index is 14.2. The Hall–Kier alpha value is -2.48. The van der Waals surface area contributed by atoms with Crippen LogP contribution in [0.2, 0.25) is 0 Å². The van der Waals surface area contributed by atoms with Gasteiger partial charge in [0.25, 0.3) is 0 Å². The summed E-state index contributed by atoms with van der Waals surface area (Å²) in [6, 6.07) is 15.1. The lowest BCUT2D eigenvalue weighted by Crippen LogP contribution is -1.94. The van der Waals surface area contributed by atoms with E-state index in [0.717, 1.165) is 24.0 Å². The van der Waals surface area contributed by atoms with E-state index in [0.29, 0.717) is 12.0 Å². The molecule has 2 aromatic carbocycles. The van der Waals surface area contributed by atoms with Crippen LogP contribution in [0.4, 0.5) is 8.78 Å². The van der Waals surface area contributed by atoms with Gasteiger partial charge in [-0.3, -0.25) is 0 Å². The molecule has 0 radical (unpaired) electrons. The third-order valence-corrected chi connectivity index (χ3v) is 7.30. The second-order valence-corrected chi connectivity index (χ2v) is 9.57. The van der Waals surface area contributed by atoms with Gasteiger partial charge in [0.2, 0.25) is 0 Å². The lowest BCUT2D eigenvalue weighted by atomic mass is 10.1. The lowest BCUT2D eigenvalue weighted by Gasteiger charge is -2.02. The number of hydrogen-bond donors (Lipinski definition) is 0. The molecule has 2 aromatic heterocycles. The first kappa shape index (κ1) is 20.8. The van der Waals surface area contributed by atoms with Gasteiger partial charge in [0, 0.05) is 24.7 Å². The Morgan fingerprint density at radius 2 is 1.43 bits per heavy atom. The van der Waals surface area contributed by atoms with Crippen LogP contribution >= 0.6 is 22.7 Å². The predicted octanol–water partition coefficient (Wildman–Crippen LogP) is 8.21. The quantitative estimate of drug-likeness (QED) is 0.277. The summed E-state index contributed by atoms with van der Waals surface area (Å²) < 4.78 is 31.1. The Kier molecular flexibility index (Phi) is 6.32. The number of halogens is 2. The van der Waals surface area contributed by atoms with Crippen LogP contribution in [0, 0.1) is 23.5 Å². The van der Waals surface area contributed by atoms with Crippen LogP contribution in [0.15, 0.2) is 48.5 Å². The van der Waals surface area contributed by atoms with Crippen molar-refractivity contribution in [3.05, 3.63) is 81.7 Å². The second kappa shape index (κ2) is 9.12. The third-order valence-electron chi connectivity index (χ3n) is 4.90. The Labute approximate surface area is 184 Å². The van der Waals surface area contributed by atoms with Crippen molar-refractivity contribution >= 4 is 32.1 Å². The smallest absolute Gasteiger partial charge is 0.142 e. The molecule has 0 spiro atoms. The number of thiophene rings is 2. The summed E-state index contributed by atoms with van der Waals surface area (Å²) in [5.74, 6) is 4.37. The minimum Gasteiger partial charge on any atom is -0.206 e. The highest BCUT2D eigenvalue weighted by Crippen LogP contribution is 2.38. The average molecular weight is 437 g/mol. The monoisotopic (exact) mass is 436 g/mol. The Balaban J connectivity index is 1.54. The second-order valence-electron chi connectivity index (χ2n) is 7.31. The first-order valence-corrected chi connectivity index (χ1v) is 11.8. The van der Waals surface area contributed by atoms with E-state index in [4.69, 9.17) is 0 Å². The Morgan fingerprint density at radius 1 is 0.767 bits per heavy atom. The molecule has 0 saturated carbocycles. The fraction of sp³-hybridized carbons (Fsp3) is 0.231. The van der Waals surface area contributed by atoms with Crippen molar-refractivity contribution in [2.45, 2.75) is 39.5 Å². The minimum absolute atomic E-state index is 0.166. The van der Waals surface area contributed by atoms with Gasteiger partial charge in [0.15, 0.2) is 0 Å². The van der Waals surface area contributed by atoms with Crippen molar-refractivity contribution in [1.29, 1.82) is 0 Å². The molecule has 0 bridgehead atoms. The molecule has 2 heterocycles. The topological polar surface area (TPSA) is 0 Å². The molecule has 4 heteroatoms. The maximum Gasteiger partial charge on any atom is 0.142 e. The highest BCUT2D eigenvalue weighted by molar-refractivity contribution is 7.29. The van der Waals surface area contributed by atoms with Crippen LogP contribution in [0.5, 0.6) is 0 Å². The van der Waals surface area contributed by atoms with Crippen molar-refractivity contribution in [2.75, 3.05) is 0 Å². The first-order chi connectivity index (χ1) is 14.6. The fourth-order valence-corrected chi connectivity index (χ4v) is 5.96. The van der Waals surface area contributed by atoms with Gasteiger partial charge in [0.05, 0.1) is 5.56 Å². The predicted molar refractivity (Wildman–Crippen MR) is 125 cm³/mol. The lowest BCUT2D eigenvalue weighted by molar-refractivity contribution is 0.573.